The third kappa shape index (κ3) is 2.68. The summed E-state index contributed by atoms with van der Waals surface area (Å²) in [5.74, 6) is 0. The van der Waals surface area contributed by atoms with Gasteiger partial charge in [0.1, 0.15) is 6.04 Å². The number of aromatic nitrogens is 2. The zero-order valence-corrected chi connectivity index (χ0v) is 9.95. The molecule has 1 rings (SSSR count). The van der Waals surface area contributed by atoms with E-state index in [0.29, 0.717) is 16.4 Å². The number of nitrogens with zero attached hydrogens (tertiary/aromatic N) is 2. The van der Waals surface area contributed by atoms with Crippen molar-refractivity contribution in [1.82, 2.24) is 15.1 Å². The van der Waals surface area contributed by atoms with Crippen molar-refractivity contribution in [3.63, 3.8) is 0 Å². The number of aryl methyl sites for hydroxylation is 2. The number of rotatable bonds is 3. The lowest BCUT2D eigenvalue weighted by Crippen LogP contribution is -2.42. The first kappa shape index (κ1) is 13.3. The van der Waals surface area contributed by atoms with Gasteiger partial charge in [0.05, 0.1) is 16.4 Å². The summed E-state index contributed by atoms with van der Waals surface area (Å²) >= 11 is 5.89. The van der Waals surface area contributed by atoms with Crippen LogP contribution in [0.15, 0.2) is 0 Å². The smallest absolute Gasteiger partial charge is 0.309 e. The predicted molar refractivity (Wildman–Crippen MR) is 55.6 cm³/mol. The molecule has 0 saturated heterocycles. The van der Waals surface area contributed by atoms with Crippen molar-refractivity contribution in [2.45, 2.75) is 25.6 Å². The van der Waals surface area contributed by atoms with Gasteiger partial charge in [-0.2, -0.15) is 18.3 Å². The number of nitrogens with one attached hydrogen (secondary N) is 1. The first-order valence-corrected chi connectivity index (χ1v) is 5.07. The van der Waals surface area contributed by atoms with Crippen molar-refractivity contribution >= 4 is 11.6 Å². The van der Waals surface area contributed by atoms with Gasteiger partial charge in [-0.15, -0.1) is 0 Å². The SMILES string of the molecule is CNC(Cc1c(Cl)c(C)nn1C)C(F)(F)F. The first-order chi connectivity index (χ1) is 7.27. The Morgan fingerprint density at radius 2 is 2.06 bits per heavy atom. The molecule has 0 radical (unpaired) electrons. The average Bonchev–Trinajstić information content (AvgIpc) is 2.37. The molecule has 0 aromatic carbocycles. The molecular formula is C9H13ClF3N3. The van der Waals surface area contributed by atoms with E-state index in [-0.39, 0.29) is 6.42 Å². The summed E-state index contributed by atoms with van der Waals surface area (Å²) in [6, 6.07) is -1.61. The lowest BCUT2D eigenvalue weighted by molar-refractivity contribution is -0.154. The fourth-order valence-corrected chi connectivity index (χ4v) is 1.71. The van der Waals surface area contributed by atoms with Gasteiger partial charge >= 0.3 is 6.18 Å². The molecule has 0 aliphatic heterocycles. The van der Waals surface area contributed by atoms with Crippen LogP contribution in [0.1, 0.15) is 11.4 Å². The molecule has 3 nitrogen and oxygen atoms in total. The maximum atomic E-state index is 12.5. The van der Waals surface area contributed by atoms with Crippen molar-refractivity contribution in [2.75, 3.05) is 7.05 Å². The Kier molecular flexibility index (Phi) is 3.85. The van der Waals surface area contributed by atoms with Gasteiger partial charge in [0, 0.05) is 13.5 Å². The zero-order valence-electron chi connectivity index (χ0n) is 9.19. The molecule has 0 aliphatic carbocycles. The average molecular weight is 256 g/mol. The Labute approximate surface area is 96.6 Å². The molecule has 92 valence electrons. The fraction of sp³-hybridized carbons (Fsp3) is 0.667. The van der Waals surface area contributed by atoms with Gasteiger partial charge in [0.15, 0.2) is 0 Å². The van der Waals surface area contributed by atoms with E-state index in [4.69, 9.17) is 11.6 Å². The minimum Gasteiger partial charge on any atom is -0.309 e. The second-order valence-corrected chi connectivity index (χ2v) is 3.93. The summed E-state index contributed by atoms with van der Waals surface area (Å²) in [6.07, 6.45) is -4.52. The molecule has 7 heteroatoms. The second-order valence-electron chi connectivity index (χ2n) is 3.56. The molecule has 16 heavy (non-hydrogen) atoms. The molecule has 0 aliphatic rings. The predicted octanol–water partition coefficient (Wildman–Crippen LogP) is 2.07. The van der Waals surface area contributed by atoms with Gasteiger partial charge in [0.25, 0.3) is 0 Å². The van der Waals surface area contributed by atoms with Crippen LogP contribution in [0.25, 0.3) is 0 Å². The number of hydrogen-bond donors (Lipinski definition) is 1. The van der Waals surface area contributed by atoms with Gasteiger partial charge in [-0.3, -0.25) is 4.68 Å². The van der Waals surface area contributed by atoms with Gasteiger partial charge in [-0.1, -0.05) is 11.6 Å². The quantitative estimate of drug-likeness (QED) is 0.896. The van der Waals surface area contributed by atoms with E-state index in [9.17, 15) is 13.2 Å². The first-order valence-electron chi connectivity index (χ1n) is 4.69. The van der Waals surface area contributed by atoms with Crippen LogP contribution in [0.3, 0.4) is 0 Å². The highest BCUT2D eigenvalue weighted by Crippen LogP contribution is 2.26. The fourth-order valence-electron chi connectivity index (χ4n) is 1.48. The molecule has 0 spiro atoms. The molecule has 1 aromatic rings. The highest BCUT2D eigenvalue weighted by atomic mass is 35.5. The van der Waals surface area contributed by atoms with Crippen LogP contribution in [0.2, 0.25) is 5.02 Å². The van der Waals surface area contributed by atoms with Gasteiger partial charge in [-0.05, 0) is 14.0 Å². The molecule has 0 amide bonds. The third-order valence-electron chi connectivity index (χ3n) is 2.40. The minimum atomic E-state index is -4.30. The van der Waals surface area contributed by atoms with E-state index in [2.05, 4.69) is 10.4 Å². The van der Waals surface area contributed by atoms with Gasteiger partial charge in [0.2, 0.25) is 0 Å². The van der Waals surface area contributed by atoms with Crippen molar-refractivity contribution in [3.05, 3.63) is 16.4 Å². The zero-order chi connectivity index (χ0) is 12.5. The lowest BCUT2D eigenvalue weighted by Gasteiger charge is -2.19. The van der Waals surface area contributed by atoms with Crippen LogP contribution >= 0.6 is 11.6 Å². The van der Waals surface area contributed by atoms with Crippen LogP contribution in [0, 0.1) is 6.92 Å². The van der Waals surface area contributed by atoms with E-state index in [1.54, 1.807) is 14.0 Å². The van der Waals surface area contributed by atoms with Crippen LogP contribution < -0.4 is 5.32 Å². The van der Waals surface area contributed by atoms with Crippen molar-refractivity contribution in [1.29, 1.82) is 0 Å². The van der Waals surface area contributed by atoms with E-state index < -0.39 is 12.2 Å². The van der Waals surface area contributed by atoms with E-state index in [1.165, 1.54) is 11.7 Å². The van der Waals surface area contributed by atoms with E-state index in [0.717, 1.165) is 0 Å². The summed E-state index contributed by atoms with van der Waals surface area (Å²) in [4.78, 5) is 0. The van der Waals surface area contributed by atoms with Crippen LogP contribution in [0.4, 0.5) is 13.2 Å². The highest BCUT2D eigenvalue weighted by molar-refractivity contribution is 6.31. The maximum absolute atomic E-state index is 12.5. The topological polar surface area (TPSA) is 29.9 Å². The normalized spacial score (nSPS) is 14.2. The molecule has 1 atom stereocenters. The largest absolute Gasteiger partial charge is 0.404 e. The highest BCUT2D eigenvalue weighted by Gasteiger charge is 2.39. The molecule has 0 bridgehead atoms. The summed E-state index contributed by atoms with van der Waals surface area (Å²) in [5.41, 5.74) is 0.923. The third-order valence-corrected chi connectivity index (χ3v) is 2.89. The van der Waals surface area contributed by atoms with Crippen LogP contribution in [-0.4, -0.2) is 29.0 Å². The molecule has 1 N–H and O–H groups in total. The number of hydrogen-bond acceptors (Lipinski definition) is 2. The standard InChI is InChI=1S/C9H13ClF3N3/c1-5-8(10)6(16(3)15-5)4-7(14-2)9(11,12)13/h7,14H,4H2,1-3H3. The van der Waals surface area contributed by atoms with E-state index >= 15 is 0 Å². The van der Waals surface area contributed by atoms with Gasteiger partial charge < -0.3 is 5.32 Å². The Morgan fingerprint density at radius 1 is 1.50 bits per heavy atom. The molecular weight excluding hydrogens is 243 g/mol. The number of alkyl halides is 3. The lowest BCUT2D eigenvalue weighted by atomic mass is 10.1. The van der Waals surface area contributed by atoms with Crippen molar-refractivity contribution < 1.29 is 13.2 Å². The Morgan fingerprint density at radius 3 is 2.38 bits per heavy atom. The monoisotopic (exact) mass is 255 g/mol. The molecule has 1 heterocycles. The molecule has 0 fully saturated rings. The number of likely N-dealkylation sites (N-methyl/N-ethyl adjacent to an activating group) is 1. The summed E-state index contributed by atoms with van der Waals surface area (Å²) in [6.45, 7) is 1.66. The van der Waals surface area contributed by atoms with Crippen LogP contribution in [-0.2, 0) is 13.5 Å². The molecule has 1 aromatic heterocycles. The Balaban J connectivity index is 2.95. The van der Waals surface area contributed by atoms with Crippen molar-refractivity contribution in [2.24, 2.45) is 7.05 Å². The summed E-state index contributed by atoms with van der Waals surface area (Å²) in [7, 11) is 2.85. The van der Waals surface area contributed by atoms with E-state index in [1.807, 2.05) is 0 Å². The maximum Gasteiger partial charge on any atom is 0.404 e. The van der Waals surface area contributed by atoms with Crippen molar-refractivity contribution in [3.8, 4) is 0 Å². The van der Waals surface area contributed by atoms with Crippen LogP contribution in [0.5, 0.6) is 0 Å². The number of halogens is 4. The summed E-state index contributed by atoms with van der Waals surface area (Å²) in [5, 5.41) is 6.50. The molecule has 0 saturated carbocycles. The second kappa shape index (κ2) is 4.63. The Bertz CT molecular complexity index is 373. The minimum absolute atomic E-state index is 0.226. The van der Waals surface area contributed by atoms with Gasteiger partial charge in [-0.25, -0.2) is 0 Å². The summed E-state index contributed by atoms with van der Waals surface area (Å²) < 4.78 is 39.0. The Hall–Kier alpha value is -0.750. The molecule has 1 unspecified atom stereocenters.